The minimum Gasteiger partial charge on any atom is -0.445 e. The lowest BCUT2D eigenvalue weighted by Crippen LogP contribution is -2.63. The number of hydrogen-bond acceptors (Lipinski definition) is 5. The standard InChI is InChI=1S/C17H23N3O5/c1-11(2)17(3,15(23)19-13(9-21)14(18)22)20-16(24)25-10-12-7-5-4-6-8-12/h4-9,11,13H,10H2,1-3H3,(H2,18,22)(H,19,23)(H,20,24)/t13?,17-/m0/s1. The number of carbonyl (C=O) groups is 4. The third-order valence-corrected chi connectivity index (χ3v) is 3.93. The average molecular weight is 349 g/mol. The third-order valence-electron chi connectivity index (χ3n) is 3.93. The van der Waals surface area contributed by atoms with Gasteiger partial charge >= 0.3 is 6.09 Å². The van der Waals surface area contributed by atoms with E-state index >= 15 is 0 Å². The van der Waals surface area contributed by atoms with Crippen molar-refractivity contribution in [1.82, 2.24) is 10.6 Å². The van der Waals surface area contributed by atoms with Gasteiger partial charge < -0.3 is 25.9 Å². The van der Waals surface area contributed by atoms with Gasteiger partial charge in [-0.25, -0.2) is 4.79 Å². The van der Waals surface area contributed by atoms with Gasteiger partial charge in [0.05, 0.1) is 0 Å². The lowest BCUT2D eigenvalue weighted by Gasteiger charge is -2.33. The topological polar surface area (TPSA) is 128 Å². The highest BCUT2D eigenvalue weighted by Gasteiger charge is 2.40. The Morgan fingerprint density at radius 3 is 2.32 bits per heavy atom. The van der Waals surface area contributed by atoms with E-state index in [9.17, 15) is 19.2 Å². The Morgan fingerprint density at radius 1 is 1.24 bits per heavy atom. The smallest absolute Gasteiger partial charge is 0.408 e. The van der Waals surface area contributed by atoms with Crippen molar-refractivity contribution in [2.24, 2.45) is 11.7 Å². The number of nitrogens with two attached hydrogens (primary N) is 1. The van der Waals surface area contributed by atoms with Gasteiger partial charge in [-0.05, 0) is 18.4 Å². The van der Waals surface area contributed by atoms with E-state index in [1.165, 1.54) is 6.92 Å². The van der Waals surface area contributed by atoms with Crippen LogP contribution in [0.4, 0.5) is 4.79 Å². The molecule has 0 aliphatic heterocycles. The van der Waals surface area contributed by atoms with E-state index in [1.54, 1.807) is 26.0 Å². The van der Waals surface area contributed by atoms with Crippen LogP contribution in [-0.2, 0) is 25.7 Å². The summed E-state index contributed by atoms with van der Waals surface area (Å²) in [6, 6.07) is 7.59. The number of alkyl carbamates (subject to hydrolysis) is 1. The molecular formula is C17H23N3O5. The Morgan fingerprint density at radius 2 is 1.84 bits per heavy atom. The predicted molar refractivity (Wildman–Crippen MR) is 90.2 cm³/mol. The quantitative estimate of drug-likeness (QED) is 0.465. The first-order chi connectivity index (χ1) is 11.7. The maximum Gasteiger partial charge on any atom is 0.408 e. The van der Waals surface area contributed by atoms with E-state index in [0.717, 1.165) is 5.56 Å². The first-order valence-corrected chi connectivity index (χ1v) is 7.75. The molecule has 0 heterocycles. The van der Waals surface area contributed by atoms with Crippen LogP contribution in [0.25, 0.3) is 0 Å². The molecule has 1 unspecified atom stereocenters. The number of rotatable bonds is 8. The second-order valence-electron chi connectivity index (χ2n) is 6.03. The normalized spacial score (nSPS) is 14.1. The largest absolute Gasteiger partial charge is 0.445 e. The van der Waals surface area contributed by atoms with Gasteiger partial charge in [0.25, 0.3) is 0 Å². The highest BCUT2D eigenvalue weighted by atomic mass is 16.5. The van der Waals surface area contributed by atoms with Crippen molar-refractivity contribution in [3.8, 4) is 0 Å². The van der Waals surface area contributed by atoms with E-state index in [2.05, 4.69) is 10.6 Å². The van der Waals surface area contributed by atoms with E-state index in [-0.39, 0.29) is 18.8 Å². The summed E-state index contributed by atoms with van der Waals surface area (Å²) in [6.45, 7) is 4.93. The molecule has 4 N–H and O–H groups in total. The molecule has 0 radical (unpaired) electrons. The molecule has 25 heavy (non-hydrogen) atoms. The van der Waals surface area contributed by atoms with Crippen LogP contribution in [-0.4, -0.2) is 35.8 Å². The SMILES string of the molecule is CC(C)[C@](C)(NC(=O)OCc1ccccc1)C(=O)NC(C=O)C(N)=O. The van der Waals surface area contributed by atoms with Crippen molar-refractivity contribution in [3.05, 3.63) is 35.9 Å². The summed E-state index contributed by atoms with van der Waals surface area (Å²) in [5.41, 5.74) is 4.43. The summed E-state index contributed by atoms with van der Waals surface area (Å²) in [6.07, 6.45) is -0.564. The van der Waals surface area contributed by atoms with Gasteiger partial charge in [-0.2, -0.15) is 0 Å². The van der Waals surface area contributed by atoms with Crippen molar-refractivity contribution in [2.75, 3.05) is 0 Å². The number of hydrogen-bond donors (Lipinski definition) is 3. The maximum absolute atomic E-state index is 12.4. The summed E-state index contributed by atoms with van der Waals surface area (Å²) in [5.74, 6) is -2.05. The molecule has 0 aromatic heterocycles. The molecule has 0 bridgehead atoms. The zero-order chi connectivity index (χ0) is 19.0. The second kappa shape index (κ2) is 8.81. The zero-order valence-corrected chi connectivity index (χ0v) is 14.4. The van der Waals surface area contributed by atoms with Gasteiger partial charge in [-0.1, -0.05) is 44.2 Å². The Hall–Kier alpha value is -2.90. The maximum atomic E-state index is 12.4. The summed E-state index contributed by atoms with van der Waals surface area (Å²) in [5, 5.41) is 4.71. The number of primary amides is 1. The molecule has 0 spiro atoms. The molecule has 8 heteroatoms. The first-order valence-electron chi connectivity index (χ1n) is 7.75. The monoisotopic (exact) mass is 349 g/mol. The highest BCUT2D eigenvalue weighted by molar-refractivity contribution is 6.01. The molecule has 1 aromatic carbocycles. The number of benzene rings is 1. The fourth-order valence-corrected chi connectivity index (χ4v) is 1.90. The minimum atomic E-state index is -1.47. The lowest BCUT2D eigenvalue weighted by atomic mass is 9.87. The zero-order valence-electron chi connectivity index (χ0n) is 14.4. The Balaban J connectivity index is 2.76. The van der Waals surface area contributed by atoms with Crippen LogP contribution < -0.4 is 16.4 Å². The fraction of sp³-hybridized carbons (Fsp3) is 0.412. The van der Waals surface area contributed by atoms with E-state index < -0.39 is 29.5 Å². The minimum absolute atomic E-state index is 0.0424. The molecule has 0 aliphatic carbocycles. The molecule has 8 nitrogen and oxygen atoms in total. The van der Waals surface area contributed by atoms with E-state index in [4.69, 9.17) is 10.5 Å². The van der Waals surface area contributed by atoms with E-state index in [1.807, 2.05) is 18.2 Å². The Labute approximate surface area is 146 Å². The van der Waals surface area contributed by atoms with Crippen molar-refractivity contribution >= 4 is 24.2 Å². The summed E-state index contributed by atoms with van der Waals surface area (Å²) in [4.78, 5) is 46.4. The van der Waals surface area contributed by atoms with Crippen molar-refractivity contribution in [3.63, 3.8) is 0 Å². The molecule has 0 saturated heterocycles. The average Bonchev–Trinajstić information content (AvgIpc) is 2.57. The predicted octanol–water partition coefficient (Wildman–Crippen LogP) is 0.497. The number of ether oxygens (including phenoxy) is 1. The van der Waals surface area contributed by atoms with E-state index in [0.29, 0.717) is 0 Å². The van der Waals surface area contributed by atoms with Gasteiger partial charge in [-0.15, -0.1) is 0 Å². The second-order valence-corrected chi connectivity index (χ2v) is 6.03. The van der Waals surface area contributed by atoms with Crippen LogP contribution in [0, 0.1) is 5.92 Å². The molecule has 0 fully saturated rings. The molecule has 0 saturated carbocycles. The van der Waals surface area contributed by atoms with Crippen LogP contribution in [0.3, 0.4) is 0 Å². The molecular weight excluding hydrogens is 326 g/mol. The van der Waals surface area contributed by atoms with Crippen LogP contribution in [0.15, 0.2) is 30.3 Å². The first kappa shape index (κ1) is 20.1. The molecule has 2 atom stereocenters. The number of amides is 3. The molecule has 136 valence electrons. The van der Waals surface area contributed by atoms with Crippen LogP contribution in [0.2, 0.25) is 0 Å². The van der Waals surface area contributed by atoms with Crippen LogP contribution in [0.1, 0.15) is 26.3 Å². The fourth-order valence-electron chi connectivity index (χ4n) is 1.90. The Kier molecular flexibility index (Phi) is 7.10. The summed E-state index contributed by atoms with van der Waals surface area (Å²) in [7, 11) is 0. The Bertz CT molecular complexity index is 632. The number of nitrogens with one attached hydrogen (secondary N) is 2. The van der Waals surface area contributed by atoms with Gasteiger partial charge in [0.2, 0.25) is 11.8 Å². The van der Waals surface area contributed by atoms with Gasteiger partial charge in [-0.3, -0.25) is 9.59 Å². The molecule has 1 rings (SSSR count). The number of carbonyl (C=O) groups excluding carboxylic acids is 4. The third kappa shape index (κ3) is 5.59. The van der Waals surface area contributed by atoms with Crippen molar-refractivity contribution in [1.29, 1.82) is 0 Å². The van der Waals surface area contributed by atoms with Crippen molar-refractivity contribution in [2.45, 2.75) is 39.0 Å². The lowest BCUT2D eigenvalue weighted by molar-refractivity contribution is -0.134. The van der Waals surface area contributed by atoms with Gasteiger partial charge in [0.15, 0.2) is 12.3 Å². The summed E-state index contributed by atoms with van der Waals surface area (Å²) >= 11 is 0. The number of aldehydes is 1. The molecule has 1 aromatic rings. The molecule has 0 aliphatic rings. The van der Waals surface area contributed by atoms with Crippen LogP contribution >= 0.6 is 0 Å². The van der Waals surface area contributed by atoms with Gasteiger partial charge in [0.1, 0.15) is 12.1 Å². The van der Waals surface area contributed by atoms with Crippen molar-refractivity contribution < 1.29 is 23.9 Å². The van der Waals surface area contributed by atoms with Gasteiger partial charge in [0, 0.05) is 0 Å². The molecule has 3 amide bonds. The summed E-state index contributed by atoms with van der Waals surface area (Å²) < 4.78 is 5.11. The highest BCUT2D eigenvalue weighted by Crippen LogP contribution is 2.17. The van der Waals surface area contributed by atoms with Crippen LogP contribution in [0.5, 0.6) is 0 Å².